The Morgan fingerprint density at radius 2 is 1.45 bits per heavy atom. The van der Waals surface area contributed by atoms with Crippen molar-refractivity contribution >= 4 is 29.5 Å². The molecular weight excluding hydrogens is 627 g/mol. The number of hydrogen-bond donors (Lipinski definition) is 0. The van der Waals surface area contributed by atoms with Crippen LogP contribution in [0.2, 0.25) is 0 Å². The maximum Gasteiger partial charge on any atom is 0.306 e. The number of rotatable bonds is 17. The van der Waals surface area contributed by atoms with Crippen LogP contribution in [0.1, 0.15) is 144 Å². The van der Waals surface area contributed by atoms with Crippen molar-refractivity contribution in [3.63, 3.8) is 0 Å². The molecule has 0 aliphatic heterocycles. The molecule has 3 fully saturated rings. The van der Waals surface area contributed by atoms with Gasteiger partial charge in [0.15, 0.2) is 23.7 Å². The fourth-order valence-electron chi connectivity index (χ4n) is 9.82. The molecule has 8 atom stereocenters. The average Bonchev–Trinajstić information content (AvgIpc) is 3.27. The molecule has 0 bridgehead atoms. The minimum absolute atomic E-state index is 0.0579. The Morgan fingerprint density at radius 1 is 0.857 bits per heavy atom. The van der Waals surface area contributed by atoms with Gasteiger partial charge < -0.3 is 14.2 Å². The third-order valence-corrected chi connectivity index (χ3v) is 12.4. The molecule has 0 unspecified atom stereocenters. The van der Waals surface area contributed by atoms with Crippen LogP contribution in [0.3, 0.4) is 0 Å². The fraction of sp³-hybridized carbons (Fsp3) is 0.775. The number of alkyl halides is 1. The van der Waals surface area contributed by atoms with Gasteiger partial charge in [0.25, 0.3) is 0 Å². The molecule has 274 valence electrons. The highest BCUT2D eigenvalue weighted by atomic mass is 19.1. The van der Waals surface area contributed by atoms with E-state index in [-0.39, 0.29) is 31.5 Å². The van der Waals surface area contributed by atoms with Crippen LogP contribution in [-0.2, 0) is 38.2 Å². The van der Waals surface area contributed by atoms with Crippen molar-refractivity contribution < 1.29 is 42.6 Å². The van der Waals surface area contributed by atoms with E-state index in [1.165, 1.54) is 12.2 Å². The Kier molecular flexibility index (Phi) is 12.7. The predicted molar refractivity (Wildman–Crippen MR) is 184 cm³/mol. The molecule has 0 N–H and O–H groups in total. The molecule has 0 aromatic rings. The van der Waals surface area contributed by atoms with Crippen LogP contribution in [-0.4, -0.2) is 53.5 Å². The third-order valence-electron chi connectivity index (χ3n) is 12.4. The quantitative estimate of drug-likeness (QED) is 0.0854. The Balaban J connectivity index is 1.79. The largest absolute Gasteiger partial charge is 0.459 e. The maximum absolute atomic E-state index is 18.6. The summed E-state index contributed by atoms with van der Waals surface area (Å²) in [4.78, 5) is 66.7. The lowest BCUT2D eigenvalue weighted by atomic mass is 9.44. The van der Waals surface area contributed by atoms with Crippen molar-refractivity contribution in [1.82, 2.24) is 0 Å². The molecule has 0 radical (unpaired) electrons. The summed E-state index contributed by atoms with van der Waals surface area (Å²) in [6.07, 6.45) is 12.1. The molecule has 4 rings (SSSR count). The number of ketones is 2. The molecule has 0 amide bonds. The molecule has 0 spiro atoms. The van der Waals surface area contributed by atoms with E-state index in [4.69, 9.17) is 14.2 Å². The SMILES string of the molecule is CCCCCC(=O)OCC(=O)[C@@]1(OC(=O)CCCCC)[C@H](C)C[C@H]2[C@@H]3CCC4=CC(=O)C=C[C@]4(C)[C@@]3(F)[C@@H](OC(=O)CCCCC)C[C@@]21C. The van der Waals surface area contributed by atoms with Gasteiger partial charge in [0, 0.05) is 41.9 Å². The van der Waals surface area contributed by atoms with E-state index in [1.807, 2.05) is 34.6 Å². The smallest absolute Gasteiger partial charge is 0.306 e. The van der Waals surface area contributed by atoms with Crippen molar-refractivity contribution in [2.75, 3.05) is 6.61 Å². The number of fused-ring (bicyclic) bond motifs is 5. The highest BCUT2D eigenvalue weighted by molar-refractivity contribution is 6.01. The lowest BCUT2D eigenvalue weighted by Crippen LogP contribution is -2.70. The zero-order valence-corrected chi connectivity index (χ0v) is 30.7. The molecule has 0 aromatic heterocycles. The Hall–Kier alpha value is -2.84. The number of ether oxygens (including phenoxy) is 3. The molecule has 4 aliphatic carbocycles. The van der Waals surface area contributed by atoms with Crippen LogP contribution in [0.5, 0.6) is 0 Å². The number of unbranched alkanes of at least 4 members (excludes halogenated alkanes) is 6. The van der Waals surface area contributed by atoms with Gasteiger partial charge in [0.05, 0.1) is 0 Å². The average molecular weight is 687 g/mol. The first-order chi connectivity index (χ1) is 23.2. The van der Waals surface area contributed by atoms with Gasteiger partial charge in [-0.3, -0.25) is 24.0 Å². The summed E-state index contributed by atoms with van der Waals surface area (Å²) in [5.41, 5.74) is -5.44. The van der Waals surface area contributed by atoms with Crippen molar-refractivity contribution in [2.24, 2.45) is 28.6 Å². The number of carbonyl (C=O) groups is 5. The predicted octanol–water partition coefficient (Wildman–Crippen LogP) is 8.29. The van der Waals surface area contributed by atoms with Gasteiger partial charge in [0.2, 0.25) is 5.78 Å². The van der Waals surface area contributed by atoms with Crippen molar-refractivity contribution in [2.45, 2.75) is 162 Å². The number of halogens is 1. The van der Waals surface area contributed by atoms with Gasteiger partial charge in [-0.25, -0.2) is 4.39 Å². The summed E-state index contributed by atoms with van der Waals surface area (Å²) in [5, 5.41) is 0. The van der Waals surface area contributed by atoms with E-state index in [9.17, 15) is 24.0 Å². The first-order valence-electron chi connectivity index (χ1n) is 19.0. The van der Waals surface area contributed by atoms with E-state index in [2.05, 4.69) is 0 Å². The van der Waals surface area contributed by atoms with Gasteiger partial charge in [-0.15, -0.1) is 0 Å². The lowest BCUT2D eigenvalue weighted by Gasteiger charge is -2.63. The zero-order valence-electron chi connectivity index (χ0n) is 30.7. The molecule has 9 heteroatoms. The van der Waals surface area contributed by atoms with Crippen LogP contribution >= 0.6 is 0 Å². The van der Waals surface area contributed by atoms with Crippen molar-refractivity contribution in [1.29, 1.82) is 0 Å². The molecule has 3 saturated carbocycles. The standard InChI is InChI=1S/C40H59FO8/c1-7-10-13-16-34(44)47-26-32(43)40(49-36(46)18-15-12-9-3)27(4)23-31-30-20-19-28-24-29(42)21-22-37(28,5)39(30,41)33(25-38(31,40)6)48-35(45)17-14-11-8-2/h21-22,24,27,30-31,33H,7-20,23,25-26H2,1-6H3/t27-,30+,31+,33+,37+,38+,39+,40+/m1/s1. The second kappa shape index (κ2) is 16.0. The number of hydrogen-bond acceptors (Lipinski definition) is 8. The van der Waals surface area contributed by atoms with Gasteiger partial charge in [-0.1, -0.05) is 84.8 Å². The summed E-state index contributed by atoms with van der Waals surface area (Å²) in [6, 6.07) is 0. The summed E-state index contributed by atoms with van der Waals surface area (Å²) >= 11 is 0. The van der Waals surface area contributed by atoms with E-state index in [0.717, 1.165) is 38.5 Å². The third kappa shape index (κ3) is 7.19. The summed E-state index contributed by atoms with van der Waals surface area (Å²) in [6.45, 7) is 11.1. The summed E-state index contributed by atoms with van der Waals surface area (Å²) < 4.78 is 36.7. The molecule has 8 nitrogen and oxygen atoms in total. The molecule has 4 aliphatic rings. The number of allylic oxidation sites excluding steroid dienone is 4. The molecule has 49 heavy (non-hydrogen) atoms. The number of carbonyl (C=O) groups excluding carboxylic acids is 5. The molecular formula is C40H59FO8. The van der Waals surface area contributed by atoms with Gasteiger partial charge in [-0.2, -0.15) is 0 Å². The number of esters is 3. The van der Waals surface area contributed by atoms with Crippen LogP contribution in [0, 0.1) is 28.6 Å². The second-order valence-corrected chi connectivity index (χ2v) is 15.5. The first-order valence-corrected chi connectivity index (χ1v) is 19.0. The molecule has 0 aromatic carbocycles. The first kappa shape index (κ1) is 39.0. The normalized spacial score (nSPS) is 34.7. The van der Waals surface area contributed by atoms with E-state index in [0.29, 0.717) is 44.1 Å². The van der Waals surface area contributed by atoms with E-state index >= 15 is 4.39 Å². The molecule has 0 saturated heterocycles. The van der Waals surface area contributed by atoms with Crippen LogP contribution in [0.4, 0.5) is 4.39 Å². The van der Waals surface area contributed by atoms with Crippen LogP contribution in [0.25, 0.3) is 0 Å². The Morgan fingerprint density at radius 3 is 2.06 bits per heavy atom. The van der Waals surface area contributed by atoms with Crippen LogP contribution < -0.4 is 0 Å². The zero-order chi connectivity index (χ0) is 36.0. The summed E-state index contributed by atoms with van der Waals surface area (Å²) in [7, 11) is 0. The number of Topliss-reactive ketones (excluding diaryl/α,β-unsaturated/α-hetero) is 1. The topological polar surface area (TPSA) is 113 Å². The second-order valence-electron chi connectivity index (χ2n) is 15.5. The maximum atomic E-state index is 18.6. The molecule has 0 heterocycles. The van der Waals surface area contributed by atoms with Crippen molar-refractivity contribution in [3.05, 3.63) is 23.8 Å². The highest BCUT2D eigenvalue weighted by Crippen LogP contribution is 2.72. The Bertz CT molecular complexity index is 1320. The van der Waals surface area contributed by atoms with Gasteiger partial charge in [0.1, 0.15) is 6.10 Å². The van der Waals surface area contributed by atoms with Crippen LogP contribution in [0.15, 0.2) is 23.8 Å². The fourth-order valence-corrected chi connectivity index (χ4v) is 9.82. The Labute approximate surface area is 292 Å². The minimum atomic E-state index is -2.07. The highest BCUT2D eigenvalue weighted by Gasteiger charge is 2.78. The van der Waals surface area contributed by atoms with E-state index < -0.39 is 76.3 Å². The lowest BCUT2D eigenvalue weighted by molar-refractivity contribution is -0.236. The summed E-state index contributed by atoms with van der Waals surface area (Å²) in [5.74, 6) is -3.80. The van der Waals surface area contributed by atoms with E-state index in [1.54, 1.807) is 13.0 Å². The minimum Gasteiger partial charge on any atom is -0.459 e. The monoisotopic (exact) mass is 686 g/mol. The van der Waals surface area contributed by atoms with Gasteiger partial charge in [-0.05, 0) is 69.9 Å². The van der Waals surface area contributed by atoms with Gasteiger partial charge >= 0.3 is 17.9 Å². The van der Waals surface area contributed by atoms with Crippen molar-refractivity contribution in [3.8, 4) is 0 Å².